The van der Waals surface area contributed by atoms with Crippen LogP contribution in [0.1, 0.15) is 46.5 Å². The van der Waals surface area contributed by atoms with E-state index in [1.165, 1.54) is 0 Å². The molecule has 0 bridgehead atoms. The predicted molar refractivity (Wildman–Crippen MR) is 226 cm³/mol. The van der Waals surface area contributed by atoms with Gasteiger partial charge in [0.15, 0.2) is 23.0 Å². The van der Waals surface area contributed by atoms with Crippen LogP contribution in [0.25, 0.3) is 0 Å². The van der Waals surface area contributed by atoms with E-state index in [4.69, 9.17) is 33.2 Å². The lowest BCUT2D eigenvalue weighted by Gasteiger charge is -2.37. The number of ether oxygens (including phenoxy) is 7. The summed E-state index contributed by atoms with van der Waals surface area (Å²) in [5.41, 5.74) is 1.37. The molecule has 4 aromatic rings. The Balaban J connectivity index is 0.000000228. The van der Waals surface area contributed by atoms with Gasteiger partial charge in [0, 0.05) is 73.2 Å². The largest absolute Gasteiger partial charge is 0.493 e. The van der Waals surface area contributed by atoms with Crippen LogP contribution in [0, 0.1) is 11.8 Å². The van der Waals surface area contributed by atoms with Gasteiger partial charge in [-0.2, -0.15) is 9.97 Å². The van der Waals surface area contributed by atoms with Gasteiger partial charge in [-0.1, -0.05) is 0 Å². The molecule has 0 saturated carbocycles. The topological polar surface area (TPSA) is 201 Å². The molecule has 60 heavy (non-hydrogen) atoms. The van der Waals surface area contributed by atoms with Gasteiger partial charge in [0.05, 0.1) is 61.1 Å². The number of carbonyl (C=O) groups is 2. The second-order valence-corrected chi connectivity index (χ2v) is 14.2. The molecule has 2 aliphatic heterocycles. The van der Waals surface area contributed by atoms with Gasteiger partial charge in [0.2, 0.25) is 23.4 Å². The number of nitrogens with zero attached hydrogens (tertiary/aromatic N) is 6. The van der Waals surface area contributed by atoms with E-state index in [2.05, 4.69) is 49.3 Å². The van der Waals surface area contributed by atoms with E-state index in [1.807, 2.05) is 17.9 Å². The third kappa shape index (κ3) is 10.8. The number of benzene rings is 2. The first-order chi connectivity index (χ1) is 29.0. The number of nitrogens with one attached hydrogen (secondary N) is 2. The molecule has 2 aliphatic rings. The van der Waals surface area contributed by atoms with Gasteiger partial charge in [0.1, 0.15) is 11.6 Å². The zero-order valence-corrected chi connectivity index (χ0v) is 35.7. The highest BCUT2D eigenvalue weighted by atomic mass is 16.5. The van der Waals surface area contributed by atoms with Gasteiger partial charge >= 0.3 is 11.9 Å². The maximum atomic E-state index is 12.2. The molecule has 324 valence electrons. The summed E-state index contributed by atoms with van der Waals surface area (Å²) >= 11 is 0. The molecule has 4 unspecified atom stereocenters. The Morgan fingerprint density at radius 1 is 0.650 bits per heavy atom. The summed E-state index contributed by atoms with van der Waals surface area (Å²) in [5.74, 6) is 3.89. The molecule has 4 atom stereocenters. The van der Waals surface area contributed by atoms with Gasteiger partial charge in [-0.15, -0.1) is 0 Å². The lowest BCUT2D eigenvalue weighted by atomic mass is 9.93. The number of aliphatic carboxylic acids is 1. The van der Waals surface area contributed by atoms with Crippen LogP contribution >= 0.6 is 0 Å². The molecule has 18 heteroatoms. The maximum absolute atomic E-state index is 12.2. The maximum Gasteiger partial charge on any atom is 0.310 e. The molecule has 0 radical (unpaired) electrons. The van der Waals surface area contributed by atoms with Crippen molar-refractivity contribution in [3.8, 4) is 34.5 Å². The number of hydrogen-bond acceptors (Lipinski definition) is 17. The van der Waals surface area contributed by atoms with Crippen LogP contribution < -0.4 is 48.9 Å². The average Bonchev–Trinajstić information content (AvgIpc) is 3.26. The molecule has 0 aliphatic carbocycles. The molecule has 2 saturated heterocycles. The number of hydrogen-bond donors (Lipinski definition) is 3. The van der Waals surface area contributed by atoms with E-state index in [0.29, 0.717) is 89.7 Å². The third-order valence-corrected chi connectivity index (χ3v) is 10.4. The molecular weight excluding hydrogens is 777 g/mol. The quantitative estimate of drug-likeness (QED) is 0.112. The second kappa shape index (κ2) is 21.0. The van der Waals surface area contributed by atoms with Gasteiger partial charge in [-0.25, -0.2) is 9.97 Å². The van der Waals surface area contributed by atoms with Gasteiger partial charge in [-0.3, -0.25) is 9.59 Å². The van der Waals surface area contributed by atoms with Gasteiger partial charge in [0.25, 0.3) is 0 Å². The molecule has 2 aromatic heterocycles. The zero-order valence-electron chi connectivity index (χ0n) is 35.7. The van der Waals surface area contributed by atoms with Crippen molar-refractivity contribution < 1.29 is 47.9 Å². The van der Waals surface area contributed by atoms with Crippen LogP contribution in [-0.4, -0.2) is 111 Å². The van der Waals surface area contributed by atoms with Crippen LogP contribution in [0.5, 0.6) is 34.5 Å². The van der Waals surface area contributed by atoms with Crippen molar-refractivity contribution in [2.75, 3.05) is 82.8 Å². The Labute approximate surface area is 350 Å². The fraction of sp³-hybridized carbons (Fsp3) is 0.476. The SMILES string of the molecule is CCOC(=O)C1CCC(C)N(c2ccnc(Nc3cc(OC)c(OC)c(OC)c3)n2)C1.COc1cc(Nc2nccc(N3CC(C(=O)O)CCC3C)n2)cc(OC)c1OC. The average molecular weight is 833 g/mol. The summed E-state index contributed by atoms with van der Waals surface area (Å²) in [5, 5.41) is 15.7. The lowest BCUT2D eigenvalue weighted by molar-refractivity contribution is -0.148. The molecule has 2 aromatic carbocycles. The van der Waals surface area contributed by atoms with Crippen molar-refractivity contribution in [2.24, 2.45) is 11.8 Å². The fourth-order valence-corrected chi connectivity index (χ4v) is 7.21. The van der Waals surface area contributed by atoms with Gasteiger partial charge in [-0.05, 0) is 58.6 Å². The van der Waals surface area contributed by atoms with Crippen molar-refractivity contribution in [1.82, 2.24) is 19.9 Å². The number of aromatic nitrogens is 4. The van der Waals surface area contributed by atoms with E-state index in [9.17, 15) is 14.7 Å². The summed E-state index contributed by atoms with van der Waals surface area (Å²) in [6, 6.07) is 11.2. The van der Waals surface area contributed by atoms with Crippen molar-refractivity contribution in [3.63, 3.8) is 0 Å². The van der Waals surface area contributed by atoms with Crippen molar-refractivity contribution >= 4 is 46.8 Å². The van der Waals surface area contributed by atoms with Crippen molar-refractivity contribution in [2.45, 2.75) is 58.5 Å². The molecule has 6 rings (SSSR count). The Morgan fingerprint density at radius 2 is 1.05 bits per heavy atom. The summed E-state index contributed by atoms with van der Waals surface area (Å²) in [6.45, 7) is 7.42. The minimum atomic E-state index is -0.772. The highest BCUT2D eigenvalue weighted by molar-refractivity contribution is 5.74. The number of piperidine rings is 2. The minimum Gasteiger partial charge on any atom is -0.493 e. The van der Waals surface area contributed by atoms with Crippen molar-refractivity contribution in [3.05, 3.63) is 48.8 Å². The molecule has 4 heterocycles. The first-order valence-electron chi connectivity index (χ1n) is 19.7. The number of rotatable bonds is 15. The van der Waals surface area contributed by atoms with Crippen LogP contribution in [0.15, 0.2) is 48.8 Å². The predicted octanol–water partition coefficient (Wildman–Crippen LogP) is 6.35. The number of carbonyl (C=O) groups excluding carboxylic acids is 1. The minimum absolute atomic E-state index is 0.149. The Morgan fingerprint density at radius 3 is 1.42 bits per heavy atom. The first kappa shape index (κ1) is 44.6. The highest BCUT2D eigenvalue weighted by Gasteiger charge is 2.32. The third-order valence-electron chi connectivity index (χ3n) is 10.4. The normalized spacial score (nSPS) is 18.6. The van der Waals surface area contributed by atoms with Crippen LogP contribution in [0.3, 0.4) is 0 Å². The molecule has 18 nitrogen and oxygen atoms in total. The van der Waals surface area contributed by atoms with E-state index >= 15 is 0 Å². The highest BCUT2D eigenvalue weighted by Crippen LogP contribution is 2.42. The van der Waals surface area contributed by atoms with E-state index in [-0.39, 0.29) is 24.0 Å². The van der Waals surface area contributed by atoms with Crippen LogP contribution in [0.2, 0.25) is 0 Å². The standard InChI is InChI=1S/C22H30N4O5.C20H26N4O5/c1-6-31-21(27)15-8-7-14(2)26(13-15)19-9-10-23-22(25-19)24-16-11-17(28-3)20(30-5)18(12-16)29-4;1-12-5-6-13(19(25)26)11-24(12)17-7-8-21-20(23-17)22-14-9-15(27-2)18(29-4)16(10-14)28-3/h9-12,14-15H,6-8,13H2,1-5H3,(H,23,24,25);7-10,12-13H,5-6,11H2,1-4H3,(H,25,26)(H,21,22,23). The van der Waals surface area contributed by atoms with Crippen LogP contribution in [0.4, 0.5) is 34.9 Å². The second-order valence-electron chi connectivity index (χ2n) is 14.2. The van der Waals surface area contributed by atoms with Crippen LogP contribution in [-0.2, 0) is 14.3 Å². The fourth-order valence-electron chi connectivity index (χ4n) is 7.21. The zero-order chi connectivity index (χ0) is 43.3. The van der Waals surface area contributed by atoms with Gasteiger partial charge < -0.3 is 58.7 Å². The summed E-state index contributed by atoms with van der Waals surface area (Å²) in [4.78, 5) is 45.7. The summed E-state index contributed by atoms with van der Waals surface area (Å²) < 4.78 is 37.5. The first-order valence-corrected chi connectivity index (χ1v) is 19.7. The number of anilines is 6. The number of esters is 1. The van der Waals surface area contributed by atoms with E-state index in [0.717, 1.165) is 25.1 Å². The Hall–Kier alpha value is -6.46. The van der Waals surface area contributed by atoms with E-state index < -0.39 is 11.9 Å². The van der Waals surface area contributed by atoms with E-state index in [1.54, 1.807) is 85.4 Å². The lowest BCUT2D eigenvalue weighted by Crippen LogP contribution is -2.45. The smallest absolute Gasteiger partial charge is 0.310 e. The summed E-state index contributed by atoms with van der Waals surface area (Å²) in [7, 11) is 9.34. The van der Waals surface area contributed by atoms with Crippen molar-refractivity contribution in [1.29, 1.82) is 0 Å². The molecule has 0 spiro atoms. The molecule has 3 N–H and O–H groups in total. The Kier molecular flexibility index (Phi) is 15.6. The number of carboxylic acids is 1. The molecular formula is C42H56N8O10. The Bertz CT molecular complexity index is 2020. The number of carboxylic acid groups (broad SMARTS) is 1. The summed E-state index contributed by atoms with van der Waals surface area (Å²) in [6.07, 6.45) is 6.54. The number of methoxy groups -OCH3 is 6. The molecule has 0 amide bonds. The monoisotopic (exact) mass is 832 g/mol. The molecule has 2 fully saturated rings.